The van der Waals surface area contributed by atoms with E-state index in [2.05, 4.69) is 17.6 Å². The molecule has 0 aromatic heterocycles. The number of nitrogens with one attached hydrogen (secondary N) is 2. The van der Waals surface area contributed by atoms with Gasteiger partial charge in [0.05, 0.1) is 11.8 Å². The summed E-state index contributed by atoms with van der Waals surface area (Å²) in [6, 6.07) is 7.82. The van der Waals surface area contributed by atoms with Crippen LogP contribution in [0.4, 0.5) is 5.69 Å². The van der Waals surface area contributed by atoms with E-state index in [-0.39, 0.29) is 5.91 Å². The molecule has 1 aromatic rings. The molecule has 0 radical (unpaired) electrons. The molecule has 4 heteroatoms. The lowest BCUT2D eigenvalue weighted by Crippen LogP contribution is -2.34. The van der Waals surface area contributed by atoms with Crippen molar-refractivity contribution in [3.63, 3.8) is 0 Å². The summed E-state index contributed by atoms with van der Waals surface area (Å²) in [5, 5.41) is 6.51. The van der Waals surface area contributed by atoms with Gasteiger partial charge in [0.15, 0.2) is 0 Å². The van der Waals surface area contributed by atoms with E-state index >= 15 is 0 Å². The Morgan fingerprint density at radius 3 is 2.79 bits per heavy atom. The molecule has 3 rings (SSSR count). The third kappa shape index (κ3) is 4.73. The summed E-state index contributed by atoms with van der Waals surface area (Å²) in [5.74, 6) is 1.91. The van der Waals surface area contributed by atoms with Gasteiger partial charge >= 0.3 is 0 Å². The number of carbonyl (C=O) groups is 1. The normalized spacial score (nSPS) is 23.0. The minimum atomic E-state index is 0.0931. The molecule has 0 spiro atoms. The summed E-state index contributed by atoms with van der Waals surface area (Å²) in [4.78, 5) is 12.5. The predicted molar refractivity (Wildman–Crippen MR) is 97.3 cm³/mol. The van der Waals surface area contributed by atoms with Crippen molar-refractivity contribution in [2.45, 2.75) is 58.0 Å². The Labute approximate surface area is 145 Å². The van der Waals surface area contributed by atoms with E-state index in [0.29, 0.717) is 24.4 Å². The van der Waals surface area contributed by atoms with Crippen LogP contribution in [0.3, 0.4) is 0 Å². The van der Waals surface area contributed by atoms with Gasteiger partial charge in [-0.1, -0.05) is 19.1 Å². The molecular weight excluding hydrogens is 300 g/mol. The van der Waals surface area contributed by atoms with Crippen molar-refractivity contribution in [1.29, 1.82) is 0 Å². The first-order valence-electron chi connectivity index (χ1n) is 9.48. The Bertz CT molecular complexity index is 534. The van der Waals surface area contributed by atoms with E-state index in [9.17, 15) is 4.79 Å². The second-order valence-electron chi connectivity index (χ2n) is 7.36. The Morgan fingerprint density at radius 2 is 2.04 bits per heavy atom. The number of hydrogen-bond acceptors (Lipinski definition) is 3. The molecule has 2 fully saturated rings. The van der Waals surface area contributed by atoms with E-state index in [1.807, 2.05) is 24.3 Å². The molecule has 2 aliphatic rings. The second kappa shape index (κ2) is 8.52. The van der Waals surface area contributed by atoms with Gasteiger partial charge in [-0.25, -0.2) is 0 Å². The summed E-state index contributed by atoms with van der Waals surface area (Å²) in [5.41, 5.74) is 0.809. The maximum absolute atomic E-state index is 12.5. The van der Waals surface area contributed by atoms with E-state index in [4.69, 9.17) is 4.74 Å². The van der Waals surface area contributed by atoms with Gasteiger partial charge in [-0.3, -0.25) is 4.79 Å². The topological polar surface area (TPSA) is 50.4 Å². The van der Waals surface area contributed by atoms with Crippen LogP contribution < -0.4 is 15.4 Å². The molecule has 4 nitrogen and oxygen atoms in total. The minimum Gasteiger partial charge on any atom is -0.488 e. The Balaban J connectivity index is 1.55. The third-order valence-corrected chi connectivity index (χ3v) is 5.40. The largest absolute Gasteiger partial charge is 0.488 e. The zero-order valence-corrected chi connectivity index (χ0v) is 14.7. The summed E-state index contributed by atoms with van der Waals surface area (Å²) in [6.07, 6.45) is 8.04. The second-order valence-corrected chi connectivity index (χ2v) is 7.36. The van der Waals surface area contributed by atoms with Crippen LogP contribution in [0.5, 0.6) is 5.75 Å². The zero-order chi connectivity index (χ0) is 16.8. The first-order chi connectivity index (χ1) is 11.7. The lowest BCUT2D eigenvalue weighted by molar-refractivity contribution is -0.117. The average Bonchev–Trinajstić information content (AvgIpc) is 3.10. The molecule has 1 heterocycles. The van der Waals surface area contributed by atoms with Crippen LogP contribution >= 0.6 is 0 Å². The fourth-order valence-corrected chi connectivity index (χ4v) is 3.88. The maximum Gasteiger partial charge on any atom is 0.224 e. The van der Waals surface area contributed by atoms with Crippen LogP contribution in [0.15, 0.2) is 24.3 Å². The monoisotopic (exact) mass is 330 g/mol. The molecule has 1 saturated heterocycles. The van der Waals surface area contributed by atoms with Crippen LogP contribution in [-0.2, 0) is 4.79 Å². The summed E-state index contributed by atoms with van der Waals surface area (Å²) < 4.78 is 6.10. The lowest BCUT2D eigenvalue weighted by Gasteiger charge is -2.28. The van der Waals surface area contributed by atoms with E-state index < -0.39 is 0 Å². The van der Waals surface area contributed by atoms with Crippen LogP contribution in [0.25, 0.3) is 0 Å². The highest BCUT2D eigenvalue weighted by molar-refractivity contribution is 5.92. The quantitative estimate of drug-likeness (QED) is 0.830. The van der Waals surface area contributed by atoms with Gasteiger partial charge in [0.1, 0.15) is 5.75 Å². The first-order valence-corrected chi connectivity index (χ1v) is 9.48. The van der Waals surface area contributed by atoms with Gasteiger partial charge in [-0.2, -0.15) is 0 Å². The average molecular weight is 330 g/mol. The van der Waals surface area contributed by atoms with Crippen LogP contribution in [0, 0.1) is 11.8 Å². The Morgan fingerprint density at radius 1 is 1.25 bits per heavy atom. The maximum atomic E-state index is 12.5. The summed E-state index contributed by atoms with van der Waals surface area (Å²) in [6.45, 7) is 4.34. The number of piperidine rings is 1. The number of carbonyl (C=O) groups excluding carboxylic acids is 1. The molecule has 2 atom stereocenters. The fraction of sp³-hybridized carbons (Fsp3) is 0.650. The standard InChI is InChI=1S/C20H30N2O2/c1-15(16-7-6-12-21-14-16)13-20(23)22-18-10-4-5-11-19(18)24-17-8-2-3-9-17/h4-5,10-11,15-17,21H,2-3,6-9,12-14H2,1H3,(H,22,23). The van der Waals surface area contributed by atoms with Crippen molar-refractivity contribution < 1.29 is 9.53 Å². The molecule has 0 bridgehead atoms. The highest BCUT2D eigenvalue weighted by Gasteiger charge is 2.23. The van der Waals surface area contributed by atoms with Gasteiger partial charge in [0.2, 0.25) is 5.91 Å². The molecule has 1 aliphatic heterocycles. The summed E-state index contributed by atoms with van der Waals surface area (Å²) >= 11 is 0. The van der Waals surface area contributed by atoms with Crippen LogP contribution in [0.2, 0.25) is 0 Å². The lowest BCUT2D eigenvalue weighted by atomic mass is 9.85. The van der Waals surface area contributed by atoms with Gasteiger partial charge in [-0.05, 0) is 75.6 Å². The number of anilines is 1. The van der Waals surface area contributed by atoms with E-state index in [1.165, 1.54) is 25.7 Å². The molecule has 1 aliphatic carbocycles. The molecule has 132 valence electrons. The highest BCUT2D eigenvalue weighted by atomic mass is 16.5. The SMILES string of the molecule is CC(CC(=O)Nc1ccccc1OC1CCCC1)C1CCCNC1. The summed E-state index contributed by atoms with van der Waals surface area (Å²) in [7, 11) is 0. The van der Waals surface area contributed by atoms with Gasteiger partial charge in [0.25, 0.3) is 0 Å². The molecule has 1 saturated carbocycles. The van der Waals surface area contributed by atoms with Gasteiger partial charge in [0, 0.05) is 6.42 Å². The van der Waals surface area contributed by atoms with Gasteiger partial charge < -0.3 is 15.4 Å². The number of rotatable bonds is 6. The van der Waals surface area contributed by atoms with Crippen molar-refractivity contribution >= 4 is 11.6 Å². The van der Waals surface area contributed by atoms with E-state index in [1.54, 1.807) is 0 Å². The number of hydrogen-bond donors (Lipinski definition) is 2. The number of amides is 1. The van der Waals surface area contributed by atoms with Crippen LogP contribution in [-0.4, -0.2) is 25.1 Å². The fourth-order valence-electron chi connectivity index (χ4n) is 3.88. The smallest absolute Gasteiger partial charge is 0.224 e. The molecule has 2 N–H and O–H groups in total. The number of benzene rings is 1. The van der Waals surface area contributed by atoms with Crippen molar-refractivity contribution in [3.8, 4) is 5.75 Å². The molecule has 1 amide bonds. The molecule has 2 unspecified atom stereocenters. The first kappa shape index (κ1) is 17.3. The van der Waals surface area contributed by atoms with Crippen molar-refractivity contribution in [2.75, 3.05) is 18.4 Å². The molecular formula is C20H30N2O2. The van der Waals surface area contributed by atoms with Crippen molar-refractivity contribution in [1.82, 2.24) is 5.32 Å². The zero-order valence-electron chi connectivity index (χ0n) is 14.7. The number of ether oxygens (including phenoxy) is 1. The van der Waals surface area contributed by atoms with Crippen molar-refractivity contribution in [3.05, 3.63) is 24.3 Å². The predicted octanol–water partition coefficient (Wildman–Crippen LogP) is 3.97. The van der Waals surface area contributed by atoms with Crippen molar-refractivity contribution in [2.24, 2.45) is 11.8 Å². The Hall–Kier alpha value is -1.55. The highest BCUT2D eigenvalue weighted by Crippen LogP contribution is 2.30. The van der Waals surface area contributed by atoms with Gasteiger partial charge in [-0.15, -0.1) is 0 Å². The molecule has 1 aromatic carbocycles. The molecule has 24 heavy (non-hydrogen) atoms. The Kier molecular flexibility index (Phi) is 6.13. The van der Waals surface area contributed by atoms with E-state index in [0.717, 1.165) is 37.4 Å². The third-order valence-electron chi connectivity index (χ3n) is 5.40. The van der Waals surface area contributed by atoms with Crippen LogP contribution in [0.1, 0.15) is 51.9 Å². The minimum absolute atomic E-state index is 0.0931. The number of para-hydroxylation sites is 2.